The Bertz CT molecular complexity index is 873. The maximum atomic E-state index is 13.3. The molecule has 2 aromatic rings. The van der Waals surface area contributed by atoms with Gasteiger partial charge in [0.15, 0.2) is 0 Å². The lowest BCUT2D eigenvalue weighted by molar-refractivity contribution is -0.135. The number of hydrogen-bond acceptors (Lipinski definition) is 2. The predicted octanol–water partition coefficient (Wildman–Crippen LogP) is 5.20. The summed E-state index contributed by atoms with van der Waals surface area (Å²) in [5, 5.41) is 3.76. The molecule has 0 saturated carbocycles. The van der Waals surface area contributed by atoms with E-state index in [0.29, 0.717) is 24.6 Å². The average molecular weight is 427 g/mol. The van der Waals surface area contributed by atoms with Crippen LogP contribution in [0, 0.1) is 12.8 Å². The van der Waals surface area contributed by atoms with Gasteiger partial charge in [0.05, 0.1) is 0 Å². The fourth-order valence-electron chi connectivity index (χ4n) is 4.06. The standard InChI is InChI=1S/C25H31ClN2O2/c1-4-18(3)23(27-24(29)21-7-5-6-17(2)16-21)25(30)28-14-12-20(13-15-28)19-8-10-22(26)11-9-19/h5-11,16,18,20,23H,4,12-15H2,1-3H3,(H,27,29)/t18-,23+/m0/s1. The minimum Gasteiger partial charge on any atom is -0.341 e. The molecule has 2 aromatic carbocycles. The molecule has 0 unspecified atom stereocenters. The molecule has 2 atom stereocenters. The predicted molar refractivity (Wildman–Crippen MR) is 122 cm³/mol. The van der Waals surface area contributed by atoms with E-state index in [2.05, 4.69) is 24.4 Å². The van der Waals surface area contributed by atoms with Crippen molar-refractivity contribution in [3.63, 3.8) is 0 Å². The molecular weight excluding hydrogens is 396 g/mol. The summed E-state index contributed by atoms with van der Waals surface area (Å²) in [6.07, 6.45) is 2.67. The number of likely N-dealkylation sites (tertiary alicyclic amines) is 1. The Balaban J connectivity index is 1.65. The highest BCUT2D eigenvalue weighted by Crippen LogP contribution is 2.29. The lowest BCUT2D eigenvalue weighted by atomic mass is 9.88. The third-order valence-electron chi connectivity index (χ3n) is 6.19. The van der Waals surface area contributed by atoms with Crippen molar-refractivity contribution in [1.29, 1.82) is 0 Å². The number of carbonyl (C=O) groups is 2. The van der Waals surface area contributed by atoms with Crippen LogP contribution in [0.15, 0.2) is 48.5 Å². The van der Waals surface area contributed by atoms with Gasteiger partial charge in [-0.25, -0.2) is 0 Å². The minimum atomic E-state index is -0.505. The number of carbonyl (C=O) groups excluding carboxylic acids is 2. The van der Waals surface area contributed by atoms with Crippen molar-refractivity contribution in [2.24, 2.45) is 5.92 Å². The number of benzene rings is 2. The van der Waals surface area contributed by atoms with E-state index in [1.807, 2.05) is 49.1 Å². The Kier molecular flexibility index (Phi) is 7.54. The van der Waals surface area contributed by atoms with Gasteiger partial charge in [-0.2, -0.15) is 0 Å². The van der Waals surface area contributed by atoms with Crippen LogP contribution in [0.1, 0.15) is 60.5 Å². The number of aryl methyl sites for hydroxylation is 1. The van der Waals surface area contributed by atoms with Crippen molar-refractivity contribution in [3.8, 4) is 0 Å². The van der Waals surface area contributed by atoms with Crippen molar-refractivity contribution >= 4 is 23.4 Å². The van der Waals surface area contributed by atoms with Crippen molar-refractivity contribution < 1.29 is 9.59 Å². The highest BCUT2D eigenvalue weighted by Gasteiger charge is 2.32. The molecule has 30 heavy (non-hydrogen) atoms. The summed E-state index contributed by atoms with van der Waals surface area (Å²) < 4.78 is 0. The lowest BCUT2D eigenvalue weighted by Gasteiger charge is -2.36. The Labute approximate surface area is 184 Å². The van der Waals surface area contributed by atoms with Gasteiger partial charge in [-0.05, 0) is 61.4 Å². The highest BCUT2D eigenvalue weighted by molar-refractivity contribution is 6.30. The van der Waals surface area contributed by atoms with Gasteiger partial charge in [-0.15, -0.1) is 0 Å². The Hall–Kier alpha value is -2.33. The van der Waals surface area contributed by atoms with Gasteiger partial charge in [0.1, 0.15) is 6.04 Å². The third-order valence-corrected chi connectivity index (χ3v) is 6.45. The topological polar surface area (TPSA) is 49.4 Å². The molecule has 5 heteroatoms. The van der Waals surface area contributed by atoms with Crippen LogP contribution in [-0.2, 0) is 4.79 Å². The van der Waals surface area contributed by atoms with E-state index in [0.717, 1.165) is 29.8 Å². The summed E-state index contributed by atoms with van der Waals surface area (Å²) in [6, 6.07) is 15.0. The van der Waals surface area contributed by atoms with Gasteiger partial charge >= 0.3 is 0 Å². The number of piperidine rings is 1. The Morgan fingerprint density at radius 1 is 1.13 bits per heavy atom. The molecule has 0 spiro atoms. The molecule has 1 aliphatic heterocycles. The molecule has 1 fully saturated rings. The fourth-order valence-corrected chi connectivity index (χ4v) is 4.18. The van der Waals surface area contributed by atoms with Gasteiger partial charge in [0.2, 0.25) is 5.91 Å². The summed E-state index contributed by atoms with van der Waals surface area (Å²) in [5.74, 6) is 0.351. The SMILES string of the molecule is CC[C@H](C)[C@@H](NC(=O)c1cccc(C)c1)C(=O)N1CCC(c2ccc(Cl)cc2)CC1. The summed E-state index contributed by atoms with van der Waals surface area (Å²) in [6.45, 7) is 7.45. The minimum absolute atomic E-state index is 0.0277. The molecular formula is C25H31ClN2O2. The van der Waals surface area contributed by atoms with Gasteiger partial charge in [-0.1, -0.05) is 61.7 Å². The number of amides is 2. The van der Waals surface area contributed by atoms with Crippen LogP contribution in [0.3, 0.4) is 0 Å². The van der Waals surface area contributed by atoms with Crippen molar-refractivity contribution in [1.82, 2.24) is 10.2 Å². The normalized spacial score (nSPS) is 16.7. The van der Waals surface area contributed by atoms with Crippen LogP contribution < -0.4 is 5.32 Å². The summed E-state index contributed by atoms with van der Waals surface area (Å²) >= 11 is 6.00. The van der Waals surface area contributed by atoms with Crippen LogP contribution in [0.25, 0.3) is 0 Å². The van der Waals surface area contributed by atoms with Crippen molar-refractivity contribution in [2.75, 3.05) is 13.1 Å². The van der Waals surface area contributed by atoms with Crippen LogP contribution in [0.5, 0.6) is 0 Å². The van der Waals surface area contributed by atoms with Gasteiger partial charge < -0.3 is 10.2 Å². The Morgan fingerprint density at radius 2 is 1.80 bits per heavy atom. The zero-order valence-electron chi connectivity index (χ0n) is 18.0. The molecule has 0 aliphatic carbocycles. The first-order valence-corrected chi connectivity index (χ1v) is 11.2. The molecule has 4 nitrogen and oxygen atoms in total. The average Bonchev–Trinajstić information content (AvgIpc) is 2.77. The number of halogens is 1. The lowest BCUT2D eigenvalue weighted by Crippen LogP contribution is -2.53. The van der Waals surface area contributed by atoms with Crippen LogP contribution in [-0.4, -0.2) is 35.8 Å². The Morgan fingerprint density at radius 3 is 2.40 bits per heavy atom. The van der Waals surface area contributed by atoms with Crippen LogP contribution in [0.4, 0.5) is 0 Å². The van der Waals surface area contributed by atoms with E-state index in [1.165, 1.54) is 5.56 Å². The van der Waals surface area contributed by atoms with Gasteiger partial charge in [-0.3, -0.25) is 9.59 Å². The third kappa shape index (κ3) is 5.42. The summed E-state index contributed by atoms with van der Waals surface area (Å²) in [5.41, 5.74) is 2.90. The molecule has 1 aliphatic rings. The second-order valence-corrected chi connectivity index (χ2v) is 8.79. The molecule has 1 heterocycles. The molecule has 3 rings (SSSR count). The summed E-state index contributed by atoms with van der Waals surface area (Å²) in [4.78, 5) is 28.0. The van der Waals surface area contributed by atoms with E-state index in [4.69, 9.17) is 11.6 Å². The van der Waals surface area contributed by atoms with Gasteiger partial charge in [0.25, 0.3) is 5.91 Å². The first-order valence-electron chi connectivity index (χ1n) is 10.8. The van der Waals surface area contributed by atoms with E-state index in [1.54, 1.807) is 6.07 Å². The quantitative estimate of drug-likeness (QED) is 0.690. The molecule has 1 N–H and O–H groups in total. The van der Waals surface area contributed by atoms with E-state index in [-0.39, 0.29) is 17.7 Å². The maximum Gasteiger partial charge on any atom is 0.251 e. The molecule has 0 bridgehead atoms. The van der Waals surface area contributed by atoms with Gasteiger partial charge in [0, 0.05) is 23.7 Å². The van der Waals surface area contributed by atoms with Crippen molar-refractivity contribution in [2.45, 2.75) is 52.0 Å². The molecule has 2 amide bonds. The number of nitrogens with zero attached hydrogens (tertiary/aromatic N) is 1. The fraction of sp³-hybridized carbons (Fsp3) is 0.440. The zero-order chi connectivity index (χ0) is 21.7. The van der Waals surface area contributed by atoms with E-state index < -0.39 is 6.04 Å². The monoisotopic (exact) mass is 426 g/mol. The number of hydrogen-bond donors (Lipinski definition) is 1. The molecule has 1 saturated heterocycles. The summed E-state index contributed by atoms with van der Waals surface area (Å²) in [7, 11) is 0. The number of rotatable bonds is 6. The molecule has 0 aromatic heterocycles. The largest absolute Gasteiger partial charge is 0.341 e. The van der Waals surface area contributed by atoms with E-state index in [9.17, 15) is 9.59 Å². The first-order chi connectivity index (χ1) is 14.4. The number of nitrogens with one attached hydrogen (secondary N) is 1. The zero-order valence-corrected chi connectivity index (χ0v) is 18.8. The first kappa shape index (κ1) is 22.4. The maximum absolute atomic E-state index is 13.3. The molecule has 0 radical (unpaired) electrons. The smallest absolute Gasteiger partial charge is 0.251 e. The van der Waals surface area contributed by atoms with Crippen LogP contribution in [0.2, 0.25) is 5.02 Å². The molecule has 160 valence electrons. The van der Waals surface area contributed by atoms with Crippen LogP contribution >= 0.6 is 11.6 Å². The van der Waals surface area contributed by atoms with Crippen molar-refractivity contribution in [3.05, 3.63) is 70.2 Å². The van der Waals surface area contributed by atoms with E-state index >= 15 is 0 Å². The second-order valence-electron chi connectivity index (χ2n) is 8.36. The second kappa shape index (κ2) is 10.1. The highest BCUT2D eigenvalue weighted by atomic mass is 35.5.